The molecule has 1 atom stereocenters. The highest BCUT2D eigenvalue weighted by Crippen LogP contribution is 2.19. The van der Waals surface area contributed by atoms with Crippen molar-refractivity contribution in [3.05, 3.63) is 40.9 Å². The predicted octanol–water partition coefficient (Wildman–Crippen LogP) is 2.80. The van der Waals surface area contributed by atoms with Gasteiger partial charge in [-0.25, -0.2) is 0 Å². The number of carbonyl (C=O) groups excluding carboxylic acids is 1. The van der Waals surface area contributed by atoms with Crippen LogP contribution in [-0.2, 0) is 11.2 Å². The Morgan fingerprint density at radius 3 is 2.96 bits per heavy atom. The van der Waals surface area contributed by atoms with E-state index in [1.165, 1.54) is 29.7 Å². The second-order valence-electron chi connectivity index (χ2n) is 6.19. The van der Waals surface area contributed by atoms with Crippen LogP contribution in [0.15, 0.2) is 30.3 Å². The van der Waals surface area contributed by atoms with Gasteiger partial charge in [-0.1, -0.05) is 48.6 Å². The first-order chi connectivity index (χ1) is 11.2. The lowest BCUT2D eigenvalue weighted by molar-refractivity contribution is -0.117. The number of amides is 1. The molecule has 1 amide bonds. The first-order valence-corrected chi connectivity index (χ1v) is 8.89. The Hall–Kier alpha value is -1.79. The van der Waals surface area contributed by atoms with Gasteiger partial charge in [0.15, 0.2) is 0 Å². The molecule has 23 heavy (non-hydrogen) atoms. The summed E-state index contributed by atoms with van der Waals surface area (Å²) in [5.74, 6) is 0.678. The number of carbonyl (C=O) groups is 1. The van der Waals surface area contributed by atoms with Gasteiger partial charge in [0, 0.05) is 13.0 Å². The van der Waals surface area contributed by atoms with E-state index < -0.39 is 0 Å². The molecule has 0 aliphatic carbocycles. The maximum Gasteiger partial charge on any atom is 0.240 e. The standard InChI is InChI=1S/C17H22N4OS/c1-13-6-5-9-21(11-13)12-15(22)18-17-20-19-16(23-17)10-14-7-3-2-4-8-14/h2-4,7-8,13H,5-6,9-12H2,1H3,(H,18,20,22). The minimum Gasteiger partial charge on any atom is -0.299 e. The van der Waals surface area contributed by atoms with E-state index in [-0.39, 0.29) is 5.91 Å². The number of nitrogens with one attached hydrogen (secondary N) is 1. The number of benzene rings is 1. The normalized spacial score (nSPS) is 18.7. The second-order valence-corrected chi connectivity index (χ2v) is 7.26. The molecule has 0 saturated carbocycles. The Kier molecular flexibility index (Phi) is 5.35. The molecule has 0 spiro atoms. The molecule has 1 unspecified atom stereocenters. The van der Waals surface area contributed by atoms with E-state index in [0.29, 0.717) is 17.6 Å². The zero-order chi connectivity index (χ0) is 16.1. The summed E-state index contributed by atoms with van der Waals surface area (Å²) < 4.78 is 0. The minimum absolute atomic E-state index is 0.00140. The van der Waals surface area contributed by atoms with E-state index in [2.05, 4.69) is 39.5 Å². The van der Waals surface area contributed by atoms with Gasteiger partial charge in [-0.05, 0) is 30.9 Å². The third kappa shape index (κ3) is 4.84. The molecule has 1 aromatic heterocycles. The van der Waals surface area contributed by atoms with Gasteiger partial charge < -0.3 is 0 Å². The number of anilines is 1. The summed E-state index contributed by atoms with van der Waals surface area (Å²) in [7, 11) is 0. The molecule has 3 rings (SSSR count). The maximum atomic E-state index is 12.1. The van der Waals surface area contributed by atoms with Crippen molar-refractivity contribution in [2.45, 2.75) is 26.2 Å². The van der Waals surface area contributed by atoms with Crippen molar-refractivity contribution in [3.63, 3.8) is 0 Å². The molecule has 122 valence electrons. The lowest BCUT2D eigenvalue weighted by atomic mass is 10.0. The molecule has 1 fully saturated rings. The van der Waals surface area contributed by atoms with Crippen molar-refractivity contribution in [2.24, 2.45) is 5.92 Å². The zero-order valence-electron chi connectivity index (χ0n) is 13.4. The number of aromatic nitrogens is 2. The molecule has 1 saturated heterocycles. The zero-order valence-corrected chi connectivity index (χ0v) is 14.2. The molecular formula is C17H22N4OS. The Labute approximate surface area is 140 Å². The number of rotatable bonds is 5. The van der Waals surface area contributed by atoms with Gasteiger partial charge in [0.05, 0.1) is 6.54 Å². The summed E-state index contributed by atoms with van der Waals surface area (Å²) in [6, 6.07) is 10.2. The van der Waals surface area contributed by atoms with Crippen LogP contribution < -0.4 is 5.32 Å². The van der Waals surface area contributed by atoms with Crippen LogP contribution in [0.5, 0.6) is 0 Å². The van der Waals surface area contributed by atoms with E-state index in [1.807, 2.05) is 18.2 Å². The van der Waals surface area contributed by atoms with Crippen LogP contribution in [0.25, 0.3) is 0 Å². The van der Waals surface area contributed by atoms with E-state index in [0.717, 1.165) is 24.5 Å². The largest absolute Gasteiger partial charge is 0.299 e. The van der Waals surface area contributed by atoms with Gasteiger partial charge in [-0.2, -0.15) is 0 Å². The Morgan fingerprint density at radius 2 is 2.17 bits per heavy atom. The number of likely N-dealkylation sites (tertiary alicyclic amines) is 1. The Bertz CT molecular complexity index is 643. The first kappa shape index (κ1) is 16.1. The SMILES string of the molecule is CC1CCCN(CC(=O)Nc2nnc(Cc3ccccc3)s2)C1. The van der Waals surface area contributed by atoms with E-state index >= 15 is 0 Å². The Morgan fingerprint density at radius 1 is 1.35 bits per heavy atom. The topological polar surface area (TPSA) is 58.1 Å². The highest BCUT2D eigenvalue weighted by Gasteiger charge is 2.19. The second kappa shape index (κ2) is 7.66. The van der Waals surface area contributed by atoms with Crippen molar-refractivity contribution < 1.29 is 4.79 Å². The fourth-order valence-electron chi connectivity index (χ4n) is 2.94. The van der Waals surface area contributed by atoms with Crippen LogP contribution in [0.2, 0.25) is 0 Å². The number of piperidine rings is 1. The van der Waals surface area contributed by atoms with E-state index in [1.54, 1.807) is 0 Å². The average molecular weight is 330 g/mol. The number of hydrogen-bond donors (Lipinski definition) is 1. The van der Waals surface area contributed by atoms with E-state index in [4.69, 9.17) is 0 Å². The number of nitrogens with zero attached hydrogens (tertiary/aromatic N) is 3. The third-order valence-corrected chi connectivity index (χ3v) is 4.86. The summed E-state index contributed by atoms with van der Waals surface area (Å²) in [6.45, 7) is 4.69. The summed E-state index contributed by atoms with van der Waals surface area (Å²) in [6.07, 6.45) is 3.18. The summed E-state index contributed by atoms with van der Waals surface area (Å²) in [5, 5.41) is 12.6. The molecule has 2 heterocycles. The highest BCUT2D eigenvalue weighted by atomic mass is 32.1. The molecule has 1 aliphatic rings. The number of hydrogen-bond acceptors (Lipinski definition) is 5. The Balaban J connectivity index is 1.51. The van der Waals surface area contributed by atoms with Crippen LogP contribution in [0.4, 0.5) is 5.13 Å². The van der Waals surface area contributed by atoms with Crippen molar-refractivity contribution in [2.75, 3.05) is 25.0 Å². The fourth-order valence-corrected chi connectivity index (χ4v) is 3.73. The van der Waals surface area contributed by atoms with Crippen molar-refractivity contribution in [3.8, 4) is 0 Å². The van der Waals surface area contributed by atoms with Crippen LogP contribution in [0, 0.1) is 5.92 Å². The molecule has 1 aliphatic heterocycles. The maximum absolute atomic E-state index is 12.1. The summed E-state index contributed by atoms with van der Waals surface area (Å²) in [4.78, 5) is 14.4. The lowest BCUT2D eigenvalue weighted by Gasteiger charge is -2.29. The monoisotopic (exact) mass is 330 g/mol. The van der Waals surface area contributed by atoms with Crippen LogP contribution in [0.1, 0.15) is 30.3 Å². The highest BCUT2D eigenvalue weighted by molar-refractivity contribution is 7.15. The third-order valence-electron chi connectivity index (χ3n) is 4.02. The van der Waals surface area contributed by atoms with Gasteiger partial charge in [-0.15, -0.1) is 10.2 Å². The molecule has 1 N–H and O–H groups in total. The van der Waals surface area contributed by atoms with E-state index in [9.17, 15) is 4.79 Å². The van der Waals surface area contributed by atoms with Crippen LogP contribution in [-0.4, -0.2) is 40.6 Å². The average Bonchev–Trinajstić information content (AvgIpc) is 2.95. The molecule has 1 aromatic carbocycles. The quantitative estimate of drug-likeness (QED) is 0.916. The van der Waals surface area contributed by atoms with Gasteiger partial charge in [0.25, 0.3) is 0 Å². The van der Waals surface area contributed by atoms with Gasteiger partial charge >= 0.3 is 0 Å². The first-order valence-electron chi connectivity index (χ1n) is 8.07. The van der Waals surface area contributed by atoms with Crippen LogP contribution >= 0.6 is 11.3 Å². The minimum atomic E-state index is 0.00140. The van der Waals surface area contributed by atoms with Gasteiger partial charge in [-0.3, -0.25) is 15.0 Å². The molecule has 0 radical (unpaired) electrons. The molecular weight excluding hydrogens is 308 g/mol. The van der Waals surface area contributed by atoms with Crippen molar-refractivity contribution in [1.29, 1.82) is 0 Å². The lowest BCUT2D eigenvalue weighted by Crippen LogP contribution is -2.39. The van der Waals surface area contributed by atoms with Crippen LogP contribution in [0.3, 0.4) is 0 Å². The molecule has 6 heteroatoms. The van der Waals surface area contributed by atoms with Gasteiger partial charge in [0.1, 0.15) is 5.01 Å². The van der Waals surface area contributed by atoms with Crippen molar-refractivity contribution in [1.82, 2.24) is 15.1 Å². The molecule has 0 bridgehead atoms. The summed E-state index contributed by atoms with van der Waals surface area (Å²) in [5.41, 5.74) is 1.20. The molecule has 5 nitrogen and oxygen atoms in total. The van der Waals surface area contributed by atoms with Gasteiger partial charge in [0.2, 0.25) is 11.0 Å². The summed E-state index contributed by atoms with van der Waals surface area (Å²) >= 11 is 1.45. The smallest absolute Gasteiger partial charge is 0.240 e. The molecule has 2 aromatic rings. The van der Waals surface area contributed by atoms with Crippen molar-refractivity contribution >= 4 is 22.4 Å². The predicted molar refractivity (Wildman–Crippen MR) is 92.6 cm³/mol. The fraction of sp³-hybridized carbons (Fsp3) is 0.471.